The molecule has 0 spiro atoms. The number of carbonyl (C=O) groups excluding carboxylic acids is 2. The van der Waals surface area contributed by atoms with Crippen LogP contribution in [0.1, 0.15) is 42.0 Å². The largest absolute Gasteiger partial charge is 0.355 e. The SMILES string of the molecule is COC(OC)C12c3ccccc3C(c3ccccc31)[C@H]1C(=O)N(C(C)C)C(=O)[C@@H]12. The minimum atomic E-state index is -0.869. The normalized spacial score (nSPS) is 29.4. The van der Waals surface area contributed by atoms with Gasteiger partial charge in [0.2, 0.25) is 11.8 Å². The molecule has 4 aliphatic rings. The molecule has 0 saturated carbocycles. The highest BCUT2D eigenvalue weighted by atomic mass is 16.7. The number of rotatable bonds is 4. The first-order valence-electron chi connectivity index (χ1n) is 10.1. The quantitative estimate of drug-likeness (QED) is 0.594. The van der Waals surface area contributed by atoms with E-state index >= 15 is 0 Å². The van der Waals surface area contributed by atoms with E-state index in [0.717, 1.165) is 22.3 Å². The minimum Gasteiger partial charge on any atom is -0.355 e. The molecular formula is C24H25NO4. The number of nitrogens with zero attached hydrogens (tertiary/aromatic N) is 1. The van der Waals surface area contributed by atoms with Crippen LogP contribution in [0.2, 0.25) is 0 Å². The Morgan fingerprint density at radius 2 is 1.38 bits per heavy atom. The van der Waals surface area contributed by atoms with E-state index in [9.17, 15) is 9.59 Å². The van der Waals surface area contributed by atoms with E-state index in [2.05, 4.69) is 24.3 Å². The van der Waals surface area contributed by atoms with Crippen molar-refractivity contribution in [2.45, 2.75) is 37.5 Å². The van der Waals surface area contributed by atoms with Crippen LogP contribution in [0.25, 0.3) is 0 Å². The van der Waals surface area contributed by atoms with Gasteiger partial charge in [-0.15, -0.1) is 0 Å². The smallest absolute Gasteiger partial charge is 0.234 e. The van der Waals surface area contributed by atoms with Crippen LogP contribution in [-0.4, -0.2) is 43.3 Å². The lowest BCUT2D eigenvalue weighted by atomic mass is 9.47. The van der Waals surface area contributed by atoms with Crippen molar-refractivity contribution in [3.05, 3.63) is 70.8 Å². The molecule has 2 aromatic carbocycles. The van der Waals surface area contributed by atoms with Gasteiger partial charge in [-0.2, -0.15) is 0 Å². The standard InChI is InChI=1S/C24H25NO4/c1-13(2)25-21(26)19-18-14-9-5-7-11-16(14)24(20(19)22(25)27,23(28-3)29-4)17-12-8-6-10-15(17)18/h5-13,18-20,23H,1-4H3/t18?,19-,20-,24?/m1/s1. The van der Waals surface area contributed by atoms with Gasteiger partial charge in [0, 0.05) is 26.2 Å². The maximum Gasteiger partial charge on any atom is 0.234 e. The Balaban J connectivity index is 1.91. The molecule has 6 rings (SSSR count). The van der Waals surface area contributed by atoms with E-state index in [1.807, 2.05) is 38.1 Å². The van der Waals surface area contributed by atoms with Gasteiger partial charge in [0.15, 0.2) is 6.29 Å². The molecule has 2 bridgehead atoms. The lowest BCUT2D eigenvalue weighted by Gasteiger charge is -2.56. The first kappa shape index (κ1) is 18.5. The van der Waals surface area contributed by atoms with Gasteiger partial charge in [-0.25, -0.2) is 0 Å². The molecule has 150 valence electrons. The van der Waals surface area contributed by atoms with E-state index in [1.165, 1.54) is 4.90 Å². The second kappa shape index (κ2) is 6.25. The Bertz CT molecular complexity index is 962. The molecule has 1 aliphatic heterocycles. The van der Waals surface area contributed by atoms with Crippen molar-refractivity contribution in [1.29, 1.82) is 0 Å². The summed E-state index contributed by atoms with van der Waals surface area (Å²) < 4.78 is 11.7. The van der Waals surface area contributed by atoms with Crippen molar-refractivity contribution in [2.75, 3.05) is 14.2 Å². The summed E-state index contributed by atoms with van der Waals surface area (Å²) in [6, 6.07) is 16.1. The van der Waals surface area contributed by atoms with Crippen LogP contribution >= 0.6 is 0 Å². The number of amides is 2. The van der Waals surface area contributed by atoms with Crippen molar-refractivity contribution < 1.29 is 19.1 Å². The second-order valence-corrected chi connectivity index (χ2v) is 8.47. The highest BCUT2D eigenvalue weighted by molar-refractivity contribution is 6.08. The third kappa shape index (κ3) is 2.02. The van der Waals surface area contributed by atoms with Gasteiger partial charge in [0.1, 0.15) is 0 Å². The van der Waals surface area contributed by atoms with Crippen molar-refractivity contribution in [1.82, 2.24) is 4.90 Å². The summed E-state index contributed by atoms with van der Waals surface area (Å²) in [5, 5.41) is 0. The van der Waals surface area contributed by atoms with E-state index in [4.69, 9.17) is 9.47 Å². The number of hydrogen-bond acceptors (Lipinski definition) is 4. The van der Waals surface area contributed by atoms with Gasteiger partial charge >= 0.3 is 0 Å². The van der Waals surface area contributed by atoms with Crippen LogP contribution in [-0.2, 0) is 24.5 Å². The zero-order valence-electron chi connectivity index (χ0n) is 17.1. The van der Waals surface area contributed by atoms with E-state index in [1.54, 1.807) is 14.2 Å². The molecule has 2 amide bonds. The average Bonchev–Trinajstić information content (AvgIpc) is 3.00. The van der Waals surface area contributed by atoms with Crippen LogP contribution in [0.4, 0.5) is 0 Å². The third-order valence-electron chi connectivity index (χ3n) is 7.03. The van der Waals surface area contributed by atoms with Gasteiger partial charge in [-0.3, -0.25) is 14.5 Å². The minimum absolute atomic E-state index is 0.0839. The van der Waals surface area contributed by atoms with Gasteiger partial charge in [-0.05, 0) is 36.1 Å². The Labute approximate surface area is 170 Å². The maximum absolute atomic E-state index is 13.7. The van der Waals surface area contributed by atoms with Gasteiger partial charge in [-0.1, -0.05) is 48.5 Å². The molecular weight excluding hydrogens is 366 g/mol. The van der Waals surface area contributed by atoms with Crippen molar-refractivity contribution in [3.63, 3.8) is 0 Å². The van der Waals surface area contributed by atoms with Crippen LogP contribution in [0.3, 0.4) is 0 Å². The maximum atomic E-state index is 13.7. The fourth-order valence-corrected chi connectivity index (χ4v) is 6.23. The topological polar surface area (TPSA) is 55.8 Å². The van der Waals surface area contributed by atoms with Gasteiger partial charge in [0.05, 0.1) is 17.3 Å². The fourth-order valence-electron chi connectivity index (χ4n) is 6.23. The summed E-state index contributed by atoms with van der Waals surface area (Å²) >= 11 is 0. The monoisotopic (exact) mass is 391 g/mol. The molecule has 5 heteroatoms. The van der Waals surface area contributed by atoms with Crippen LogP contribution in [0.5, 0.6) is 0 Å². The molecule has 1 heterocycles. The second-order valence-electron chi connectivity index (χ2n) is 8.47. The summed E-state index contributed by atoms with van der Waals surface area (Å²) in [6.07, 6.45) is -0.692. The zero-order chi connectivity index (χ0) is 20.5. The average molecular weight is 391 g/mol. The van der Waals surface area contributed by atoms with E-state index in [-0.39, 0.29) is 23.8 Å². The first-order chi connectivity index (χ1) is 14.0. The van der Waals surface area contributed by atoms with Crippen molar-refractivity contribution in [3.8, 4) is 0 Å². The molecule has 0 aromatic heterocycles. The van der Waals surface area contributed by atoms with E-state index < -0.39 is 23.5 Å². The molecule has 2 atom stereocenters. The van der Waals surface area contributed by atoms with Crippen molar-refractivity contribution in [2.24, 2.45) is 11.8 Å². The molecule has 0 unspecified atom stereocenters. The molecule has 0 radical (unpaired) electrons. The number of benzene rings is 2. The molecule has 0 N–H and O–H groups in total. The van der Waals surface area contributed by atoms with Crippen LogP contribution in [0, 0.1) is 11.8 Å². The number of carbonyl (C=O) groups is 2. The van der Waals surface area contributed by atoms with Gasteiger partial charge in [0.25, 0.3) is 0 Å². The number of likely N-dealkylation sites (tertiary alicyclic amines) is 1. The number of ether oxygens (including phenoxy) is 2. The van der Waals surface area contributed by atoms with Crippen molar-refractivity contribution >= 4 is 11.8 Å². The number of imide groups is 1. The predicted octanol–water partition coefficient (Wildman–Crippen LogP) is 3.06. The molecule has 29 heavy (non-hydrogen) atoms. The Hall–Kier alpha value is -2.50. The zero-order valence-corrected chi connectivity index (χ0v) is 17.1. The van der Waals surface area contributed by atoms with Gasteiger partial charge < -0.3 is 9.47 Å². The first-order valence-corrected chi connectivity index (χ1v) is 10.1. The fraction of sp³-hybridized carbons (Fsp3) is 0.417. The van der Waals surface area contributed by atoms with E-state index in [0.29, 0.717) is 0 Å². The highest BCUT2D eigenvalue weighted by Crippen LogP contribution is 2.65. The number of hydrogen-bond donors (Lipinski definition) is 0. The summed E-state index contributed by atoms with van der Waals surface area (Å²) in [5.74, 6) is -1.33. The third-order valence-corrected chi connectivity index (χ3v) is 7.03. The summed E-state index contributed by atoms with van der Waals surface area (Å²) in [4.78, 5) is 28.8. The molecule has 5 nitrogen and oxygen atoms in total. The summed E-state index contributed by atoms with van der Waals surface area (Å²) in [5.41, 5.74) is 3.39. The Kier molecular flexibility index (Phi) is 3.99. The molecule has 1 saturated heterocycles. The molecule has 3 aliphatic carbocycles. The summed E-state index contributed by atoms with van der Waals surface area (Å²) in [6.45, 7) is 3.79. The molecule has 2 aromatic rings. The Morgan fingerprint density at radius 3 is 1.86 bits per heavy atom. The lowest BCUT2D eigenvalue weighted by molar-refractivity contribution is -0.169. The lowest BCUT2D eigenvalue weighted by Crippen LogP contribution is -2.60. The number of methoxy groups -OCH3 is 2. The predicted molar refractivity (Wildman–Crippen MR) is 107 cm³/mol. The van der Waals surface area contributed by atoms with Crippen LogP contribution < -0.4 is 0 Å². The Morgan fingerprint density at radius 1 is 0.862 bits per heavy atom. The van der Waals surface area contributed by atoms with Crippen LogP contribution in [0.15, 0.2) is 48.5 Å². The highest BCUT2D eigenvalue weighted by Gasteiger charge is 2.70. The summed E-state index contributed by atoms with van der Waals surface area (Å²) in [7, 11) is 3.20. The molecule has 1 fully saturated rings.